The van der Waals surface area contributed by atoms with Gasteiger partial charge in [-0.3, -0.25) is 9.59 Å². The Labute approximate surface area is 155 Å². The fraction of sp³-hybridized carbons (Fsp3) is 0.600. The number of esters is 1. The number of amides is 1. The number of hydrazine groups is 1. The SMILES string of the molecule is CC(OC(=O)C1CC(c2ccccc2)NN1)C(=O)NC1CCCCCC1. The maximum absolute atomic E-state index is 12.4. The zero-order valence-corrected chi connectivity index (χ0v) is 15.4. The molecule has 1 aliphatic heterocycles. The molecule has 6 heteroatoms. The fourth-order valence-electron chi connectivity index (χ4n) is 3.67. The normalized spacial score (nSPS) is 25.3. The van der Waals surface area contributed by atoms with Crippen molar-refractivity contribution in [3.8, 4) is 0 Å². The molecule has 3 atom stereocenters. The van der Waals surface area contributed by atoms with Gasteiger partial charge in [0.1, 0.15) is 6.04 Å². The minimum atomic E-state index is -0.775. The minimum Gasteiger partial charge on any atom is -0.451 e. The molecule has 1 heterocycles. The minimum absolute atomic E-state index is 0.0591. The summed E-state index contributed by atoms with van der Waals surface area (Å²) in [5.74, 6) is -0.588. The molecule has 1 aromatic rings. The van der Waals surface area contributed by atoms with Crippen LogP contribution in [0.3, 0.4) is 0 Å². The molecule has 0 spiro atoms. The molecule has 2 fully saturated rings. The predicted molar refractivity (Wildman–Crippen MR) is 99.0 cm³/mol. The van der Waals surface area contributed by atoms with Crippen molar-refractivity contribution in [3.05, 3.63) is 35.9 Å². The van der Waals surface area contributed by atoms with E-state index in [-0.39, 0.29) is 24.0 Å². The van der Waals surface area contributed by atoms with Gasteiger partial charge in [-0.25, -0.2) is 10.9 Å². The highest BCUT2D eigenvalue weighted by Crippen LogP contribution is 2.22. The van der Waals surface area contributed by atoms with E-state index in [1.165, 1.54) is 12.8 Å². The van der Waals surface area contributed by atoms with E-state index in [1.54, 1.807) is 6.92 Å². The van der Waals surface area contributed by atoms with Gasteiger partial charge >= 0.3 is 5.97 Å². The second kappa shape index (κ2) is 9.14. The summed E-state index contributed by atoms with van der Waals surface area (Å²) in [6.07, 6.45) is 6.62. The number of hydrogen-bond acceptors (Lipinski definition) is 5. The molecule has 3 unspecified atom stereocenters. The van der Waals surface area contributed by atoms with Crippen LogP contribution in [0, 0.1) is 0 Å². The van der Waals surface area contributed by atoms with Crippen LogP contribution in [0.25, 0.3) is 0 Å². The zero-order chi connectivity index (χ0) is 18.4. The molecule has 1 aromatic carbocycles. The maximum Gasteiger partial charge on any atom is 0.325 e. The molecule has 3 N–H and O–H groups in total. The Bertz CT molecular complexity index is 600. The summed E-state index contributed by atoms with van der Waals surface area (Å²) in [6.45, 7) is 1.64. The van der Waals surface area contributed by atoms with Crippen LogP contribution in [-0.4, -0.2) is 30.1 Å². The Balaban J connectivity index is 1.45. The average Bonchev–Trinajstić information content (AvgIpc) is 3.02. The lowest BCUT2D eigenvalue weighted by Crippen LogP contribution is -2.44. The van der Waals surface area contributed by atoms with Crippen LogP contribution in [0.1, 0.15) is 63.5 Å². The van der Waals surface area contributed by atoms with Crippen LogP contribution >= 0.6 is 0 Å². The van der Waals surface area contributed by atoms with Crippen LogP contribution in [-0.2, 0) is 14.3 Å². The van der Waals surface area contributed by atoms with Crippen molar-refractivity contribution in [1.29, 1.82) is 0 Å². The van der Waals surface area contributed by atoms with Gasteiger partial charge in [0.15, 0.2) is 6.10 Å². The molecule has 26 heavy (non-hydrogen) atoms. The summed E-state index contributed by atoms with van der Waals surface area (Å²) in [7, 11) is 0. The third-order valence-corrected chi connectivity index (χ3v) is 5.25. The highest BCUT2D eigenvalue weighted by Gasteiger charge is 2.33. The van der Waals surface area contributed by atoms with Crippen molar-refractivity contribution in [2.45, 2.75) is 76.1 Å². The van der Waals surface area contributed by atoms with Crippen molar-refractivity contribution in [1.82, 2.24) is 16.2 Å². The number of carbonyl (C=O) groups excluding carboxylic acids is 2. The first-order valence-electron chi connectivity index (χ1n) is 9.70. The number of nitrogens with one attached hydrogen (secondary N) is 3. The number of carbonyl (C=O) groups is 2. The first-order chi connectivity index (χ1) is 12.6. The highest BCUT2D eigenvalue weighted by molar-refractivity contribution is 5.85. The average molecular weight is 359 g/mol. The van der Waals surface area contributed by atoms with Gasteiger partial charge in [-0.05, 0) is 31.7 Å². The van der Waals surface area contributed by atoms with Crippen molar-refractivity contribution in [3.63, 3.8) is 0 Å². The molecule has 2 aliphatic rings. The third-order valence-electron chi connectivity index (χ3n) is 5.25. The van der Waals surface area contributed by atoms with Gasteiger partial charge in [0.2, 0.25) is 0 Å². The number of benzene rings is 1. The van der Waals surface area contributed by atoms with E-state index in [0.717, 1.165) is 31.2 Å². The molecular formula is C20H29N3O3. The van der Waals surface area contributed by atoms with Gasteiger partial charge < -0.3 is 10.1 Å². The summed E-state index contributed by atoms with van der Waals surface area (Å²) in [6, 6.07) is 9.78. The quantitative estimate of drug-likeness (QED) is 0.556. The molecule has 0 aromatic heterocycles. The second-order valence-corrected chi connectivity index (χ2v) is 7.32. The number of rotatable bonds is 5. The Morgan fingerprint density at radius 1 is 1.08 bits per heavy atom. The Kier molecular flexibility index (Phi) is 6.63. The Morgan fingerprint density at radius 2 is 1.77 bits per heavy atom. The summed E-state index contributed by atoms with van der Waals surface area (Å²) in [5.41, 5.74) is 7.23. The molecular weight excluding hydrogens is 330 g/mol. The Hall–Kier alpha value is -1.92. The van der Waals surface area contributed by atoms with Crippen LogP contribution in [0.4, 0.5) is 0 Å². The molecule has 0 bridgehead atoms. The van der Waals surface area contributed by atoms with Gasteiger partial charge in [0.05, 0.1) is 0 Å². The molecule has 142 valence electrons. The molecule has 0 radical (unpaired) electrons. The molecule has 1 aliphatic carbocycles. The van der Waals surface area contributed by atoms with Crippen LogP contribution in [0.15, 0.2) is 30.3 Å². The van der Waals surface area contributed by atoms with Gasteiger partial charge in [-0.15, -0.1) is 0 Å². The van der Waals surface area contributed by atoms with Gasteiger partial charge in [-0.1, -0.05) is 56.0 Å². The third kappa shape index (κ3) is 5.05. The van der Waals surface area contributed by atoms with Crippen molar-refractivity contribution in [2.24, 2.45) is 0 Å². The van der Waals surface area contributed by atoms with Gasteiger partial charge in [0, 0.05) is 12.1 Å². The summed E-state index contributed by atoms with van der Waals surface area (Å²) >= 11 is 0. The van der Waals surface area contributed by atoms with E-state index in [4.69, 9.17) is 4.74 Å². The van der Waals surface area contributed by atoms with Gasteiger partial charge in [-0.2, -0.15) is 0 Å². The van der Waals surface area contributed by atoms with E-state index in [0.29, 0.717) is 6.42 Å². The predicted octanol–water partition coefficient (Wildman–Crippen LogP) is 2.36. The lowest BCUT2D eigenvalue weighted by atomic mass is 10.0. The lowest BCUT2D eigenvalue weighted by Gasteiger charge is -2.20. The molecule has 1 amide bonds. The fourth-order valence-corrected chi connectivity index (χ4v) is 3.67. The summed E-state index contributed by atoms with van der Waals surface area (Å²) in [5, 5.41) is 3.04. The largest absolute Gasteiger partial charge is 0.451 e. The topological polar surface area (TPSA) is 79.5 Å². The van der Waals surface area contributed by atoms with E-state index in [1.807, 2.05) is 30.3 Å². The molecule has 1 saturated carbocycles. The smallest absolute Gasteiger partial charge is 0.325 e. The summed E-state index contributed by atoms with van der Waals surface area (Å²) in [4.78, 5) is 24.7. The van der Waals surface area contributed by atoms with E-state index in [2.05, 4.69) is 16.2 Å². The molecule has 6 nitrogen and oxygen atoms in total. The zero-order valence-electron chi connectivity index (χ0n) is 15.4. The first-order valence-corrected chi connectivity index (χ1v) is 9.70. The second-order valence-electron chi connectivity index (χ2n) is 7.32. The van der Waals surface area contributed by atoms with Crippen molar-refractivity contribution in [2.75, 3.05) is 0 Å². The van der Waals surface area contributed by atoms with Crippen LogP contribution < -0.4 is 16.2 Å². The van der Waals surface area contributed by atoms with Crippen molar-refractivity contribution < 1.29 is 14.3 Å². The monoisotopic (exact) mass is 359 g/mol. The van der Waals surface area contributed by atoms with Gasteiger partial charge in [0.25, 0.3) is 5.91 Å². The Morgan fingerprint density at radius 3 is 2.46 bits per heavy atom. The van der Waals surface area contributed by atoms with Crippen LogP contribution in [0.2, 0.25) is 0 Å². The highest BCUT2D eigenvalue weighted by atomic mass is 16.5. The first kappa shape index (κ1) is 18.9. The van der Waals surface area contributed by atoms with E-state index < -0.39 is 12.1 Å². The number of hydrogen-bond donors (Lipinski definition) is 3. The van der Waals surface area contributed by atoms with Crippen molar-refractivity contribution >= 4 is 11.9 Å². The standard InChI is InChI=1S/C20H29N3O3/c1-14(19(24)21-16-11-7-2-3-8-12-16)26-20(25)18-13-17(22-23-18)15-9-5-4-6-10-15/h4-6,9-10,14,16-18,22-23H,2-3,7-8,11-13H2,1H3,(H,21,24). The number of ether oxygens (including phenoxy) is 1. The lowest BCUT2D eigenvalue weighted by molar-refractivity contribution is -0.156. The maximum atomic E-state index is 12.4. The van der Waals surface area contributed by atoms with E-state index in [9.17, 15) is 9.59 Å². The summed E-state index contributed by atoms with van der Waals surface area (Å²) < 4.78 is 5.40. The van der Waals surface area contributed by atoms with E-state index >= 15 is 0 Å². The van der Waals surface area contributed by atoms with Crippen LogP contribution in [0.5, 0.6) is 0 Å². The molecule has 3 rings (SSSR count). The molecule has 1 saturated heterocycles.